The Morgan fingerprint density at radius 2 is 1.78 bits per heavy atom. The van der Waals surface area contributed by atoms with E-state index in [4.69, 9.17) is 33.4 Å². The van der Waals surface area contributed by atoms with Crippen LogP contribution in [-0.4, -0.2) is 23.8 Å². The molecule has 2 rings (SSSR count). The first-order valence-electron chi connectivity index (χ1n) is 4.89. The fraction of sp³-hybridized carbons (Fsp3) is 0.300. The largest absolute Gasteiger partial charge is 0.481 e. The number of rotatable bonds is 3. The van der Waals surface area contributed by atoms with E-state index in [0.29, 0.717) is 5.56 Å². The van der Waals surface area contributed by atoms with Gasteiger partial charge in [-0.2, -0.15) is 0 Å². The summed E-state index contributed by atoms with van der Waals surface area (Å²) in [4.78, 5) is 10.9. The average Bonchev–Trinajstić information content (AvgIpc) is 2.80. The third-order valence-corrected chi connectivity index (χ3v) is 4.76. The number of halogens is 2. The number of carbonyl (C=O) groups is 1. The van der Waals surface area contributed by atoms with Crippen LogP contribution >= 0.6 is 23.2 Å². The first kappa shape index (κ1) is 13.6. The lowest BCUT2D eigenvalue weighted by atomic mass is 10.1. The maximum Gasteiger partial charge on any atom is 0.310 e. The van der Waals surface area contributed by atoms with Crippen LogP contribution in [0.4, 0.5) is 0 Å². The van der Waals surface area contributed by atoms with E-state index in [1.165, 1.54) is 24.3 Å². The second kappa shape index (κ2) is 4.09. The van der Waals surface area contributed by atoms with Gasteiger partial charge in [0.15, 0.2) is 0 Å². The zero-order valence-electron chi connectivity index (χ0n) is 8.88. The molecule has 1 aromatic carbocycles. The Labute approximate surface area is 114 Å². The molecule has 98 valence electrons. The van der Waals surface area contributed by atoms with E-state index >= 15 is 0 Å². The fourth-order valence-electron chi connectivity index (χ4n) is 1.91. The summed E-state index contributed by atoms with van der Waals surface area (Å²) in [5.74, 6) is -2.52. The molecule has 8 heteroatoms. The number of sulfonamides is 1. The van der Waals surface area contributed by atoms with Gasteiger partial charge in [0.05, 0.1) is 10.8 Å². The van der Waals surface area contributed by atoms with Gasteiger partial charge < -0.3 is 5.11 Å². The van der Waals surface area contributed by atoms with E-state index in [1.54, 1.807) is 0 Å². The summed E-state index contributed by atoms with van der Waals surface area (Å²) in [6, 6.07) is 5.53. The highest BCUT2D eigenvalue weighted by molar-refractivity contribution is 7.89. The van der Waals surface area contributed by atoms with E-state index in [-0.39, 0.29) is 4.90 Å². The fourth-order valence-corrected chi connectivity index (χ4v) is 3.25. The smallest absolute Gasteiger partial charge is 0.310 e. The van der Waals surface area contributed by atoms with Crippen LogP contribution in [0.15, 0.2) is 29.2 Å². The van der Waals surface area contributed by atoms with Crippen molar-refractivity contribution in [3.8, 4) is 0 Å². The van der Waals surface area contributed by atoms with Crippen molar-refractivity contribution in [3.63, 3.8) is 0 Å². The summed E-state index contributed by atoms with van der Waals surface area (Å²) in [5.41, 5.74) is 0.569. The number of alkyl halides is 2. The molecule has 1 aliphatic rings. The first-order valence-corrected chi connectivity index (χ1v) is 7.19. The van der Waals surface area contributed by atoms with Crippen molar-refractivity contribution in [1.82, 2.24) is 0 Å². The minimum absolute atomic E-state index is 0.0477. The van der Waals surface area contributed by atoms with Crippen LogP contribution in [0.25, 0.3) is 0 Å². The molecular weight excluding hydrogens is 301 g/mol. The zero-order valence-corrected chi connectivity index (χ0v) is 11.2. The van der Waals surface area contributed by atoms with Crippen molar-refractivity contribution in [2.24, 2.45) is 11.1 Å². The van der Waals surface area contributed by atoms with Crippen LogP contribution < -0.4 is 5.14 Å². The Balaban J connectivity index is 2.30. The SMILES string of the molecule is NS(=O)(=O)c1ccc(C2C(C(=O)O)C2(Cl)Cl)cc1. The Bertz CT molecular complexity index is 597. The predicted octanol–water partition coefficient (Wildman–Crippen LogP) is 1.31. The molecule has 0 aliphatic heterocycles. The number of primary sulfonamides is 1. The van der Waals surface area contributed by atoms with Gasteiger partial charge in [-0.25, -0.2) is 13.6 Å². The topological polar surface area (TPSA) is 97.5 Å². The van der Waals surface area contributed by atoms with Crippen LogP contribution in [0.2, 0.25) is 0 Å². The Morgan fingerprint density at radius 3 is 2.11 bits per heavy atom. The minimum Gasteiger partial charge on any atom is -0.481 e. The van der Waals surface area contributed by atoms with Crippen LogP contribution in [0.5, 0.6) is 0 Å². The zero-order chi connectivity index (χ0) is 13.7. The van der Waals surface area contributed by atoms with E-state index in [0.717, 1.165) is 0 Å². The number of carboxylic acid groups (broad SMARTS) is 1. The van der Waals surface area contributed by atoms with Crippen LogP contribution in [0, 0.1) is 5.92 Å². The van der Waals surface area contributed by atoms with Crippen LogP contribution in [-0.2, 0) is 14.8 Å². The second-order valence-electron chi connectivity index (χ2n) is 4.08. The maximum absolute atomic E-state index is 11.1. The molecule has 2 atom stereocenters. The highest BCUT2D eigenvalue weighted by Crippen LogP contribution is 2.64. The third-order valence-electron chi connectivity index (χ3n) is 2.89. The summed E-state index contributed by atoms with van der Waals surface area (Å²) in [6.45, 7) is 0. The average molecular weight is 310 g/mol. The van der Waals surface area contributed by atoms with Crippen LogP contribution in [0.3, 0.4) is 0 Å². The van der Waals surface area contributed by atoms with Crippen molar-refractivity contribution in [3.05, 3.63) is 29.8 Å². The summed E-state index contributed by atoms with van der Waals surface area (Å²) < 4.78 is 20.8. The maximum atomic E-state index is 11.1. The molecule has 0 saturated heterocycles. The number of hydrogen-bond donors (Lipinski definition) is 2. The molecule has 0 aromatic heterocycles. The highest BCUT2D eigenvalue weighted by Gasteiger charge is 2.68. The molecular formula is C10H9Cl2NO4S. The second-order valence-corrected chi connectivity index (χ2v) is 7.09. The number of aliphatic carboxylic acids is 1. The lowest BCUT2D eigenvalue weighted by molar-refractivity contribution is -0.138. The van der Waals surface area contributed by atoms with E-state index in [2.05, 4.69) is 0 Å². The van der Waals surface area contributed by atoms with Gasteiger partial charge in [0.2, 0.25) is 10.0 Å². The predicted molar refractivity (Wildman–Crippen MR) is 66.1 cm³/mol. The van der Waals surface area contributed by atoms with Crippen molar-refractivity contribution in [2.45, 2.75) is 15.1 Å². The molecule has 0 bridgehead atoms. The van der Waals surface area contributed by atoms with Gasteiger partial charge in [0, 0.05) is 5.92 Å². The molecule has 5 nitrogen and oxygen atoms in total. The number of benzene rings is 1. The molecule has 1 aliphatic carbocycles. The van der Waals surface area contributed by atoms with E-state index < -0.39 is 32.2 Å². The summed E-state index contributed by atoms with van der Waals surface area (Å²) >= 11 is 11.7. The van der Waals surface area contributed by atoms with Gasteiger partial charge in [0.1, 0.15) is 4.33 Å². The summed E-state index contributed by atoms with van der Waals surface area (Å²) in [7, 11) is -3.77. The molecule has 1 saturated carbocycles. The molecule has 0 radical (unpaired) electrons. The highest BCUT2D eigenvalue weighted by atomic mass is 35.5. The Morgan fingerprint density at radius 1 is 1.28 bits per heavy atom. The van der Waals surface area contributed by atoms with Gasteiger partial charge in [-0.1, -0.05) is 35.3 Å². The van der Waals surface area contributed by atoms with E-state index in [9.17, 15) is 13.2 Å². The number of nitrogens with two attached hydrogens (primary N) is 1. The van der Waals surface area contributed by atoms with Gasteiger partial charge in [-0.3, -0.25) is 4.79 Å². The molecule has 3 N–H and O–H groups in total. The quantitative estimate of drug-likeness (QED) is 0.822. The first-order chi connectivity index (χ1) is 8.15. The van der Waals surface area contributed by atoms with E-state index in [1.807, 2.05) is 0 Å². The molecule has 1 fully saturated rings. The van der Waals surface area contributed by atoms with Crippen molar-refractivity contribution < 1.29 is 18.3 Å². The molecule has 1 aromatic rings. The number of carboxylic acids is 1. The molecule has 0 spiro atoms. The van der Waals surface area contributed by atoms with Crippen molar-refractivity contribution >= 4 is 39.2 Å². The van der Waals surface area contributed by atoms with Crippen molar-refractivity contribution in [2.75, 3.05) is 0 Å². The Hall–Kier alpha value is -0.820. The molecule has 18 heavy (non-hydrogen) atoms. The standard InChI is InChI=1S/C10H9Cl2NO4S/c11-10(12)7(8(10)9(14)15)5-1-3-6(4-2-5)18(13,16)17/h1-4,7-8H,(H,14,15)(H2,13,16,17). The minimum atomic E-state index is -3.77. The van der Waals surface area contributed by atoms with Gasteiger partial charge in [-0.15, -0.1) is 0 Å². The van der Waals surface area contributed by atoms with Gasteiger partial charge >= 0.3 is 5.97 Å². The van der Waals surface area contributed by atoms with Crippen molar-refractivity contribution in [1.29, 1.82) is 0 Å². The lowest BCUT2D eigenvalue weighted by Gasteiger charge is -2.02. The normalized spacial score (nSPS) is 25.7. The summed E-state index contributed by atoms with van der Waals surface area (Å²) in [5, 5.41) is 13.9. The lowest BCUT2D eigenvalue weighted by Crippen LogP contribution is -2.11. The third kappa shape index (κ3) is 2.21. The van der Waals surface area contributed by atoms with Gasteiger partial charge in [-0.05, 0) is 17.7 Å². The Kier molecular flexibility index (Phi) is 3.09. The summed E-state index contributed by atoms with van der Waals surface area (Å²) in [6.07, 6.45) is 0. The molecule has 0 amide bonds. The van der Waals surface area contributed by atoms with Crippen LogP contribution in [0.1, 0.15) is 11.5 Å². The molecule has 2 unspecified atom stereocenters. The molecule has 0 heterocycles. The monoisotopic (exact) mass is 309 g/mol. The number of hydrogen-bond acceptors (Lipinski definition) is 3. The van der Waals surface area contributed by atoms with Gasteiger partial charge in [0.25, 0.3) is 0 Å².